The molecule has 0 bridgehead atoms. The Morgan fingerprint density at radius 1 is 1.50 bits per heavy atom. The summed E-state index contributed by atoms with van der Waals surface area (Å²) in [6.45, 7) is 8.63. The van der Waals surface area contributed by atoms with Gasteiger partial charge >= 0.3 is 0 Å². The Morgan fingerprint density at radius 3 is 2.70 bits per heavy atom. The van der Waals surface area contributed by atoms with Crippen molar-refractivity contribution in [2.45, 2.75) is 26.7 Å². The molecule has 0 aromatic carbocycles. The lowest BCUT2D eigenvalue weighted by molar-refractivity contribution is -0.0230. The lowest BCUT2D eigenvalue weighted by Gasteiger charge is -2.04. The van der Waals surface area contributed by atoms with Crippen molar-refractivity contribution in [3.05, 3.63) is 12.3 Å². The Kier molecular flexibility index (Phi) is 6.29. The molecule has 0 heterocycles. The molecule has 0 aliphatic rings. The van der Waals surface area contributed by atoms with Gasteiger partial charge in [-0.1, -0.05) is 19.9 Å². The first kappa shape index (κ1) is 9.50. The van der Waals surface area contributed by atoms with E-state index in [2.05, 4.69) is 13.5 Å². The summed E-state index contributed by atoms with van der Waals surface area (Å²) in [5, 5.41) is 0. The zero-order valence-electron chi connectivity index (χ0n) is 6.85. The van der Waals surface area contributed by atoms with Gasteiger partial charge < -0.3 is 9.47 Å². The fourth-order valence-corrected chi connectivity index (χ4v) is 0.448. The van der Waals surface area contributed by atoms with Crippen LogP contribution >= 0.6 is 0 Å². The average Bonchev–Trinajstić information content (AvgIpc) is 1.87. The fourth-order valence-electron chi connectivity index (χ4n) is 0.448. The molecule has 0 amide bonds. The second-order valence-corrected chi connectivity index (χ2v) is 2.23. The molecule has 0 spiro atoms. The summed E-state index contributed by atoms with van der Waals surface area (Å²) in [5.74, 6) is 0.705. The van der Waals surface area contributed by atoms with Crippen LogP contribution in [0.4, 0.5) is 0 Å². The van der Waals surface area contributed by atoms with Crippen LogP contribution in [-0.2, 0) is 9.47 Å². The van der Waals surface area contributed by atoms with Gasteiger partial charge in [-0.15, -0.1) is 0 Å². The molecular weight excluding hydrogens is 128 g/mol. The molecule has 0 aliphatic heterocycles. The third-order valence-electron chi connectivity index (χ3n) is 1.03. The molecule has 0 saturated carbocycles. The summed E-state index contributed by atoms with van der Waals surface area (Å²) in [5.41, 5.74) is 0. The Balaban J connectivity index is 2.84. The van der Waals surface area contributed by atoms with E-state index in [9.17, 15) is 0 Å². The van der Waals surface area contributed by atoms with E-state index in [1.54, 1.807) is 0 Å². The number of ether oxygens (including phenoxy) is 2. The van der Waals surface area contributed by atoms with Crippen molar-refractivity contribution in [1.82, 2.24) is 0 Å². The molecule has 0 atom stereocenters. The molecule has 0 radical (unpaired) electrons. The number of hydrogen-bond donors (Lipinski definition) is 0. The minimum atomic E-state index is 0.343. The van der Waals surface area contributed by atoms with E-state index in [1.165, 1.54) is 0 Å². The van der Waals surface area contributed by atoms with Gasteiger partial charge in [-0.3, -0.25) is 0 Å². The molecule has 0 saturated heterocycles. The summed E-state index contributed by atoms with van der Waals surface area (Å²) in [7, 11) is 0. The quantitative estimate of drug-likeness (QED) is 0.323. The SMILES string of the molecule is C=C(C)OCOCCCC. The van der Waals surface area contributed by atoms with E-state index in [0.717, 1.165) is 19.4 Å². The van der Waals surface area contributed by atoms with Crippen molar-refractivity contribution >= 4 is 0 Å². The van der Waals surface area contributed by atoms with Crippen LogP contribution in [0.2, 0.25) is 0 Å². The first-order valence-electron chi connectivity index (χ1n) is 3.63. The van der Waals surface area contributed by atoms with E-state index in [4.69, 9.17) is 9.47 Å². The van der Waals surface area contributed by atoms with Gasteiger partial charge in [0.2, 0.25) is 0 Å². The van der Waals surface area contributed by atoms with E-state index in [-0.39, 0.29) is 0 Å². The van der Waals surface area contributed by atoms with E-state index < -0.39 is 0 Å². The zero-order valence-corrected chi connectivity index (χ0v) is 6.85. The van der Waals surface area contributed by atoms with Gasteiger partial charge in [0.15, 0.2) is 6.79 Å². The number of hydrogen-bond acceptors (Lipinski definition) is 2. The van der Waals surface area contributed by atoms with E-state index in [0.29, 0.717) is 12.6 Å². The summed E-state index contributed by atoms with van der Waals surface area (Å²) in [6, 6.07) is 0. The number of unbranched alkanes of at least 4 members (excludes halogenated alkanes) is 1. The molecule has 10 heavy (non-hydrogen) atoms. The van der Waals surface area contributed by atoms with Crippen molar-refractivity contribution < 1.29 is 9.47 Å². The number of rotatable bonds is 6. The highest BCUT2D eigenvalue weighted by molar-refractivity contribution is 4.72. The monoisotopic (exact) mass is 144 g/mol. The molecule has 0 N–H and O–H groups in total. The Bertz CT molecular complexity index is 89.3. The standard InChI is InChI=1S/C8H16O2/c1-4-5-6-9-7-10-8(2)3/h2,4-7H2,1,3H3. The molecule has 2 heteroatoms. The van der Waals surface area contributed by atoms with Crippen LogP contribution in [0.3, 0.4) is 0 Å². The van der Waals surface area contributed by atoms with Gasteiger partial charge in [0.05, 0.1) is 12.4 Å². The Labute approximate surface area is 62.8 Å². The highest BCUT2D eigenvalue weighted by atomic mass is 16.7. The van der Waals surface area contributed by atoms with Gasteiger partial charge in [0.1, 0.15) is 0 Å². The molecule has 0 aromatic rings. The van der Waals surface area contributed by atoms with Gasteiger partial charge in [-0.05, 0) is 13.3 Å². The van der Waals surface area contributed by atoms with Crippen molar-refractivity contribution in [3.63, 3.8) is 0 Å². The van der Waals surface area contributed by atoms with Gasteiger partial charge in [0, 0.05) is 0 Å². The number of allylic oxidation sites excluding steroid dienone is 1. The Hall–Kier alpha value is -0.500. The van der Waals surface area contributed by atoms with Crippen molar-refractivity contribution in [3.8, 4) is 0 Å². The maximum absolute atomic E-state index is 5.10. The minimum absolute atomic E-state index is 0.343. The predicted octanol–water partition coefficient (Wildman–Crippen LogP) is 2.31. The average molecular weight is 144 g/mol. The van der Waals surface area contributed by atoms with Crippen LogP contribution in [0.1, 0.15) is 26.7 Å². The highest BCUT2D eigenvalue weighted by Crippen LogP contribution is 1.92. The largest absolute Gasteiger partial charge is 0.473 e. The van der Waals surface area contributed by atoms with Crippen LogP contribution in [0.5, 0.6) is 0 Å². The van der Waals surface area contributed by atoms with Gasteiger partial charge in [-0.25, -0.2) is 0 Å². The maximum atomic E-state index is 5.10. The van der Waals surface area contributed by atoms with Crippen LogP contribution in [-0.4, -0.2) is 13.4 Å². The molecule has 2 nitrogen and oxygen atoms in total. The fraction of sp³-hybridized carbons (Fsp3) is 0.750. The topological polar surface area (TPSA) is 18.5 Å². The third-order valence-corrected chi connectivity index (χ3v) is 1.03. The van der Waals surface area contributed by atoms with E-state index >= 15 is 0 Å². The maximum Gasteiger partial charge on any atom is 0.188 e. The van der Waals surface area contributed by atoms with Crippen molar-refractivity contribution in [2.75, 3.05) is 13.4 Å². The highest BCUT2D eigenvalue weighted by Gasteiger charge is 1.86. The molecule has 0 fully saturated rings. The van der Waals surface area contributed by atoms with Crippen LogP contribution in [0.25, 0.3) is 0 Å². The normalized spacial score (nSPS) is 9.40. The molecule has 0 unspecified atom stereocenters. The smallest absolute Gasteiger partial charge is 0.188 e. The molecule has 0 aliphatic carbocycles. The van der Waals surface area contributed by atoms with Gasteiger partial charge in [-0.2, -0.15) is 0 Å². The van der Waals surface area contributed by atoms with Crippen LogP contribution in [0.15, 0.2) is 12.3 Å². The second kappa shape index (κ2) is 6.62. The van der Waals surface area contributed by atoms with Crippen molar-refractivity contribution in [1.29, 1.82) is 0 Å². The van der Waals surface area contributed by atoms with Crippen LogP contribution in [0, 0.1) is 0 Å². The third kappa shape index (κ3) is 7.50. The summed E-state index contributed by atoms with van der Waals surface area (Å²) < 4.78 is 10.1. The van der Waals surface area contributed by atoms with Gasteiger partial charge in [0.25, 0.3) is 0 Å². The van der Waals surface area contributed by atoms with Crippen molar-refractivity contribution in [2.24, 2.45) is 0 Å². The second-order valence-electron chi connectivity index (χ2n) is 2.23. The molecule has 0 rings (SSSR count). The van der Waals surface area contributed by atoms with Crippen LogP contribution < -0.4 is 0 Å². The summed E-state index contributed by atoms with van der Waals surface area (Å²) in [6.07, 6.45) is 2.26. The summed E-state index contributed by atoms with van der Waals surface area (Å²) >= 11 is 0. The predicted molar refractivity (Wildman–Crippen MR) is 41.6 cm³/mol. The molecule has 60 valence electrons. The first-order valence-corrected chi connectivity index (χ1v) is 3.63. The Morgan fingerprint density at radius 2 is 2.20 bits per heavy atom. The van der Waals surface area contributed by atoms with E-state index in [1.807, 2.05) is 6.92 Å². The zero-order chi connectivity index (χ0) is 7.82. The first-order chi connectivity index (χ1) is 4.77. The summed E-state index contributed by atoms with van der Waals surface area (Å²) in [4.78, 5) is 0. The minimum Gasteiger partial charge on any atom is -0.473 e. The molecule has 0 aromatic heterocycles. The lowest BCUT2D eigenvalue weighted by atomic mass is 10.4. The lowest BCUT2D eigenvalue weighted by Crippen LogP contribution is -1.99. The molecular formula is C8H16O2.